The number of nitrogens with zero attached hydrogens (tertiary/aromatic N) is 1. The number of aromatic nitrogens is 1. The molecule has 0 bridgehead atoms. The average Bonchev–Trinajstić information content (AvgIpc) is 1.99. The van der Waals surface area contributed by atoms with Gasteiger partial charge in [0.1, 0.15) is 7.05 Å². The minimum Gasteiger partial charge on any atom is -0.740 e. The van der Waals surface area contributed by atoms with Crippen molar-refractivity contribution in [2.24, 2.45) is 7.05 Å². The van der Waals surface area contributed by atoms with E-state index in [0.717, 1.165) is 25.2 Å². The molecule has 0 aliphatic carbocycles. The minimum atomic E-state index is -4.81. The lowest BCUT2D eigenvalue weighted by atomic mass is 10.5. The Morgan fingerprint density at radius 3 is 1.60 bits per heavy atom. The number of hydrogen-bond donors (Lipinski definition) is 0. The van der Waals surface area contributed by atoms with E-state index in [9.17, 15) is 25.9 Å². The summed E-state index contributed by atoms with van der Waals surface area (Å²) in [6.45, 7) is 0. The molecule has 0 aliphatic heterocycles. The highest BCUT2D eigenvalue weighted by atomic mass is 32.2. The Morgan fingerprint density at radius 2 is 1.33 bits per heavy atom. The number of hydrogen-bond acceptors (Lipinski definition) is 6. The van der Waals surface area contributed by atoms with Gasteiger partial charge < -0.3 is 9.11 Å². The molecule has 7 nitrogen and oxygen atoms in total. The first kappa shape index (κ1) is 12.0. The SMILES string of the molecule is C[n+]1c(S(=O)(=O)[O-])cccc1S(=O)(=O)[O-]. The molecule has 0 radical (unpaired) electrons. The summed E-state index contributed by atoms with van der Waals surface area (Å²) >= 11 is 0. The summed E-state index contributed by atoms with van der Waals surface area (Å²) < 4.78 is 64.5. The second-order valence-corrected chi connectivity index (χ2v) is 5.32. The first-order valence-electron chi connectivity index (χ1n) is 3.55. The topological polar surface area (TPSA) is 118 Å². The molecule has 0 spiro atoms. The molecule has 0 N–H and O–H groups in total. The van der Waals surface area contributed by atoms with Crippen LogP contribution in [0.3, 0.4) is 0 Å². The second kappa shape index (κ2) is 3.52. The lowest BCUT2D eigenvalue weighted by molar-refractivity contribution is -0.747. The van der Waals surface area contributed by atoms with Gasteiger partial charge in [-0.25, -0.2) is 16.8 Å². The quantitative estimate of drug-likeness (QED) is 0.458. The van der Waals surface area contributed by atoms with Crippen LogP contribution in [-0.2, 0) is 27.3 Å². The van der Waals surface area contributed by atoms with E-state index in [1.165, 1.54) is 0 Å². The lowest BCUT2D eigenvalue weighted by Crippen LogP contribution is -2.41. The summed E-state index contributed by atoms with van der Waals surface area (Å²) in [6, 6.07) is 2.84. The Bertz CT molecular complexity index is 538. The second-order valence-electron chi connectivity index (χ2n) is 2.67. The van der Waals surface area contributed by atoms with Gasteiger partial charge in [0.25, 0.3) is 10.1 Å². The highest BCUT2D eigenvalue weighted by Crippen LogP contribution is 2.06. The van der Waals surface area contributed by atoms with E-state index >= 15 is 0 Å². The third kappa shape index (κ3) is 2.50. The summed E-state index contributed by atoms with van der Waals surface area (Å²) in [5, 5.41) is -1.56. The molecule has 15 heavy (non-hydrogen) atoms. The molecule has 84 valence electrons. The number of rotatable bonds is 2. The Hall–Kier alpha value is -1.03. The third-order valence-electron chi connectivity index (χ3n) is 1.65. The predicted molar refractivity (Wildman–Crippen MR) is 43.5 cm³/mol. The minimum absolute atomic E-state index is 0.532. The fraction of sp³-hybridized carbons (Fsp3) is 0.167. The molecule has 1 aromatic rings. The van der Waals surface area contributed by atoms with Gasteiger partial charge in [-0.3, -0.25) is 0 Å². The summed E-state index contributed by atoms with van der Waals surface area (Å²) in [7, 11) is -8.60. The molecular weight excluding hydrogens is 246 g/mol. The van der Waals surface area contributed by atoms with Crippen molar-refractivity contribution < 1.29 is 30.5 Å². The highest BCUT2D eigenvalue weighted by Gasteiger charge is 2.21. The van der Waals surface area contributed by atoms with Crippen LogP contribution in [0.25, 0.3) is 0 Å². The first-order chi connectivity index (χ1) is 6.64. The van der Waals surface area contributed by atoms with Gasteiger partial charge in [0.05, 0.1) is 0 Å². The molecule has 0 saturated heterocycles. The molecule has 1 heterocycles. The van der Waals surface area contributed by atoms with Gasteiger partial charge in [-0.15, -0.1) is 0 Å². The van der Waals surface area contributed by atoms with Crippen molar-refractivity contribution in [2.45, 2.75) is 10.1 Å². The van der Waals surface area contributed by atoms with Gasteiger partial charge in [-0.1, -0.05) is 0 Å². The van der Waals surface area contributed by atoms with Crippen LogP contribution >= 0.6 is 0 Å². The van der Waals surface area contributed by atoms with E-state index in [2.05, 4.69) is 0 Å². The molecule has 0 unspecified atom stereocenters. The Morgan fingerprint density at radius 1 is 1.00 bits per heavy atom. The maximum atomic E-state index is 10.7. The predicted octanol–water partition coefficient (Wildman–Crippen LogP) is -1.68. The van der Waals surface area contributed by atoms with Crippen LogP contribution in [0, 0.1) is 0 Å². The molecule has 0 aliphatic rings. The van der Waals surface area contributed by atoms with Crippen LogP contribution in [0.15, 0.2) is 28.3 Å². The fourth-order valence-electron chi connectivity index (χ4n) is 1.05. The van der Waals surface area contributed by atoms with Crippen molar-refractivity contribution in [1.82, 2.24) is 0 Å². The van der Waals surface area contributed by atoms with Gasteiger partial charge in [0.15, 0.2) is 20.2 Å². The van der Waals surface area contributed by atoms with Crippen LogP contribution in [-0.4, -0.2) is 25.9 Å². The lowest BCUT2D eigenvalue weighted by Gasteiger charge is -2.09. The van der Waals surface area contributed by atoms with Crippen LogP contribution in [0.5, 0.6) is 0 Å². The Balaban J connectivity index is 3.65. The van der Waals surface area contributed by atoms with Gasteiger partial charge in [-0.2, -0.15) is 4.57 Å². The Labute approximate surface area is 86.5 Å². The molecule has 0 fully saturated rings. The molecule has 1 rings (SSSR count). The maximum Gasteiger partial charge on any atom is 0.285 e. The van der Waals surface area contributed by atoms with E-state index in [1.54, 1.807) is 0 Å². The van der Waals surface area contributed by atoms with Crippen molar-refractivity contribution in [3.05, 3.63) is 18.2 Å². The Kier molecular flexibility index (Phi) is 2.83. The van der Waals surface area contributed by atoms with Gasteiger partial charge in [0, 0.05) is 12.1 Å². The molecule has 0 aromatic carbocycles. The van der Waals surface area contributed by atoms with E-state index < -0.39 is 30.3 Å². The van der Waals surface area contributed by atoms with E-state index in [1.807, 2.05) is 0 Å². The van der Waals surface area contributed by atoms with Crippen LogP contribution in [0.1, 0.15) is 0 Å². The van der Waals surface area contributed by atoms with Crippen LogP contribution < -0.4 is 4.57 Å². The monoisotopic (exact) mass is 252 g/mol. The van der Waals surface area contributed by atoms with E-state index in [4.69, 9.17) is 0 Å². The maximum absolute atomic E-state index is 10.7. The number of pyridine rings is 1. The van der Waals surface area contributed by atoms with Crippen molar-refractivity contribution in [2.75, 3.05) is 0 Å². The molecule has 0 amide bonds. The van der Waals surface area contributed by atoms with Crippen molar-refractivity contribution in [1.29, 1.82) is 0 Å². The summed E-state index contributed by atoms with van der Waals surface area (Å²) in [5.41, 5.74) is 0. The molecule has 0 saturated carbocycles. The summed E-state index contributed by atoms with van der Waals surface area (Å²) in [5.74, 6) is 0. The summed E-state index contributed by atoms with van der Waals surface area (Å²) in [6.07, 6.45) is 0. The zero-order chi connectivity index (χ0) is 11.9. The fourth-order valence-corrected chi connectivity index (χ4v) is 2.46. The normalized spacial score (nSPS) is 12.7. The van der Waals surface area contributed by atoms with Crippen molar-refractivity contribution >= 4 is 20.2 Å². The molecular formula is C6H6NO6S2-. The molecule has 0 atom stereocenters. The van der Waals surface area contributed by atoms with Crippen LogP contribution in [0.4, 0.5) is 0 Å². The van der Waals surface area contributed by atoms with Crippen molar-refractivity contribution in [3.8, 4) is 0 Å². The third-order valence-corrected chi connectivity index (χ3v) is 3.50. The first-order valence-corrected chi connectivity index (χ1v) is 6.36. The van der Waals surface area contributed by atoms with Crippen LogP contribution in [0.2, 0.25) is 0 Å². The van der Waals surface area contributed by atoms with Gasteiger partial charge in [0.2, 0.25) is 0 Å². The van der Waals surface area contributed by atoms with E-state index in [-0.39, 0.29) is 0 Å². The summed E-state index contributed by atoms with van der Waals surface area (Å²) in [4.78, 5) is 0. The average molecular weight is 252 g/mol. The standard InChI is InChI=1S/C6H7NO6S2/c1-7-5(14(8,9)10)3-2-4-6(7)15(11,12)13/h2-4H,1H3,(H-,8,9,10,11,12,13)/p-1. The zero-order valence-electron chi connectivity index (χ0n) is 7.45. The van der Waals surface area contributed by atoms with Gasteiger partial charge >= 0.3 is 0 Å². The smallest absolute Gasteiger partial charge is 0.285 e. The van der Waals surface area contributed by atoms with Gasteiger partial charge in [-0.05, 0) is 6.07 Å². The molecule has 1 aromatic heterocycles. The van der Waals surface area contributed by atoms with Crippen molar-refractivity contribution in [3.63, 3.8) is 0 Å². The highest BCUT2D eigenvalue weighted by molar-refractivity contribution is 7.86. The zero-order valence-corrected chi connectivity index (χ0v) is 9.08. The van der Waals surface area contributed by atoms with E-state index in [0.29, 0.717) is 4.57 Å². The largest absolute Gasteiger partial charge is 0.740 e. The molecule has 9 heteroatoms.